The van der Waals surface area contributed by atoms with Crippen molar-refractivity contribution in [3.63, 3.8) is 0 Å². The van der Waals surface area contributed by atoms with Crippen molar-refractivity contribution in [3.05, 3.63) is 23.0 Å². The Morgan fingerprint density at radius 3 is 3.09 bits per heavy atom. The van der Waals surface area contributed by atoms with Gasteiger partial charge in [-0.2, -0.15) is 0 Å². The van der Waals surface area contributed by atoms with E-state index in [9.17, 15) is 19.4 Å². The van der Waals surface area contributed by atoms with Gasteiger partial charge < -0.3 is 19.7 Å². The van der Waals surface area contributed by atoms with Crippen LogP contribution in [-0.2, 0) is 18.3 Å². The number of nitrogens with one attached hydrogen (secondary N) is 1. The molecule has 22 heavy (non-hydrogen) atoms. The summed E-state index contributed by atoms with van der Waals surface area (Å²) in [5.74, 6) is 0. The van der Waals surface area contributed by atoms with Gasteiger partial charge in [-0.1, -0.05) is 0 Å². The molecule has 2 aliphatic rings. The quantitative estimate of drug-likeness (QED) is 0.553. The Kier molecular flexibility index (Phi) is 2.98. The van der Waals surface area contributed by atoms with Crippen LogP contribution >= 0.6 is 7.82 Å². The number of fused-ring (bicyclic) bond motifs is 2. The molecule has 0 spiro atoms. The molecule has 118 valence electrons. The molecule has 0 aromatic carbocycles. The third-order valence-corrected chi connectivity index (χ3v) is 4.59. The third kappa shape index (κ3) is 2.02. The molecule has 12 heteroatoms. The van der Waals surface area contributed by atoms with Crippen molar-refractivity contribution in [2.24, 2.45) is 0 Å². The highest BCUT2D eigenvalue weighted by molar-refractivity contribution is 7.47. The van der Waals surface area contributed by atoms with E-state index in [0.29, 0.717) is 0 Å². The van der Waals surface area contributed by atoms with Crippen molar-refractivity contribution in [2.45, 2.75) is 24.5 Å². The molecule has 0 aliphatic carbocycles. The average molecular weight is 330 g/mol. The smallest absolute Gasteiger partial charge is 0.386 e. The Hall–Kier alpha value is -1.62. The monoisotopic (exact) mass is 330 g/mol. The zero-order valence-electron chi connectivity index (χ0n) is 10.9. The first kappa shape index (κ1) is 14.0. The van der Waals surface area contributed by atoms with E-state index in [0.717, 1.165) is 0 Å². The maximum absolute atomic E-state index is 11.6. The summed E-state index contributed by atoms with van der Waals surface area (Å²) >= 11 is 0. The number of hydrogen-bond acceptors (Lipinski definition) is 8. The highest BCUT2D eigenvalue weighted by Gasteiger charge is 2.52. The number of phosphoric acid groups is 1. The fourth-order valence-electron chi connectivity index (χ4n) is 2.61. The molecular formula is C10H11N4O7P. The molecule has 5 atom stereocenters. The maximum atomic E-state index is 11.6. The van der Waals surface area contributed by atoms with Gasteiger partial charge in [0, 0.05) is 0 Å². The van der Waals surface area contributed by atoms with Gasteiger partial charge in [-0.05, 0) is 0 Å². The lowest BCUT2D eigenvalue weighted by Crippen LogP contribution is -2.39. The molecule has 4 rings (SSSR count). The molecule has 0 amide bonds. The van der Waals surface area contributed by atoms with Crippen LogP contribution in [0.4, 0.5) is 0 Å². The van der Waals surface area contributed by atoms with Gasteiger partial charge in [0.05, 0.1) is 19.3 Å². The number of rotatable bonds is 1. The predicted octanol–water partition coefficient (Wildman–Crippen LogP) is -1.11. The minimum Gasteiger partial charge on any atom is -0.386 e. The molecule has 11 nitrogen and oxygen atoms in total. The maximum Gasteiger partial charge on any atom is 0.472 e. The molecule has 4 heterocycles. The van der Waals surface area contributed by atoms with E-state index in [-0.39, 0.29) is 17.8 Å². The molecule has 0 saturated carbocycles. The van der Waals surface area contributed by atoms with Crippen LogP contribution in [0.5, 0.6) is 0 Å². The predicted molar refractivity (Wildman–Crippen MR) is 68.7 cm³/mol. The van der Waals surface area contributed by atoms with E-state index < -0.39 is 37.9 Å². The first-order valence-corrected chi connectivity index (χ1v) is 7.85. The second kappa shape index (κ2) is 4.69. The zero-order chi connectivity index (χ0) is 15.5. The normalized spacial score (nSPS) is 38.3. The Bertz CT molecular complexity index is 834. The number of H-pyrrole nitrogens is 1. The van der Waals surface area contributed by atoms with Crippen LogP contribution in [-0.4, -0.2) is 54.4 Å². The van der Waals surface area contributed by atoms with E-state index in [1.807, 2.05) is 0 Å². The molecule has 0 bridgehead atoms. The lowest BCUT2D eigenvalue weighted by molar-refractivity contribution is -0.0664. The number of ether oxygens (including phenoxy) is 1. The topological polar surface area (TPSA) is 149 Å². The van der Waals surface area contributed by atoms with Crippen molar-refractivity contribution in [1.82, 2.24) is 19.5 Å². The lowest BCUT2D eigenvalue weighted by atomic mass is 10.1. The van der Waals surface area contributed by atoms with Crippen LogP contribution in [0.25, 0.3) is 11.2 Å². The second-order valence-electron chi connectivity index (χ2n) is 4.95. The summed E-state index contributed by atoms with van der Waals surface area (Å²) in [4.78, 5) is 31.3. The number of hydrogen-bond donors (Lipinski definition) is 3. The van der Waals surface area contributed by atoms with Crippen molar-refractivity contribution < 1.29 is 28.3 Å². The molecule has 2 saturated heterocycles. The Morgan fingerprint density at radius 1 is 1.45 bits per heavy atom. The third-order valence-electron chi connectivity index (χ3n) is 3.61. The molecule has 2 aliphatic heterocycles. The molecule has 2 fully saturated rings. The van der Waals surface area contributed by atoms with E-state index in [4.69, 9.17) is 9.26 Å². The summed E-state index contributed by atoms with van der Waals surface area (Å²) in [6, 6.07) is 0. The largest absolute Gasteiger partial charge is 0.472 e. The molecule has 2 aromatic heterocycles. The summed E-state index contributed by atoms with van der Waals surface area (Å²) in [5, 5.41) is 10.3. The van der Waals surface area contributed by atoms with Gasteiger partial charge in [0.15, 0.2) is 17.4 Å². The van der Waals surface area contributed by atoms with Crippen LogP contribution in [0, 0.1) is 0 Å². The molecule has 0 radical (unpaired) electrons. The van der Waals surface area contributed by atoms with Crippen LogP contribution in [0.1, 0.15) is 6.23 Å². The van der Waals surface area contributed by atoms with Gasteiger partial charge in [0.1, 0.15) is 18.3 Å². The Labute approximate surface area is 122 Å². The van der Waals surface area contributed by atoms with Gasteiger partial charge in [-0.15, -0.1) is 0 Å². The van der Waals surface area contributed by atoms with Crippen LogP contribution in [0.15, 0.2) is 17.4 Å². The van der Waals surface area contributed by atoms with E-state index in [1.54, 1.807) is 0 Å². The number of aliphatic hydroxyl groups excluding tert-OH is 1. The number of phosphoric ester groups is 1. The van der Waals surface area contributed by atoms with Gasteiger partial charge in [-0.25, -0.2) is 14.5 Å². The van der Waals surface area contributed by atoms with E-state index in [1.165, 1.54) is 17.2 Å². The fourth-order valence-corrected chi connectivity index (χ4v) is 3.58. The fraction of sp³-hybridized carbons (Fsp3) is 0.500. The summed E-state index contributed by atoms with van der Waals surface area (Å²) < 4.78 is 27.9. The molecule has 2 aromatic rings. The van der Waals surface area contributed by atoms with Crippen molar-refractivity contribution in [1.29, 1.82) is 0 Å². The molecule has 1 unspecified atom stereocenters. The van der Waals surface area contributed by atoms with Crippen molar-refractivity contribution in [3.8, 4) is 0 Å². The summed E-state index contributed by atoms with van der Waals surface area (Å²) in [6.07, 6.45) is -1.43. The number of nitrogens with zero attached hydrogens (tertiary/aromatic N) is 3. The Morgan fingerprint density at radius 2 is 2.27 bits per heavy atom. The van der Waals surface area contributed by atoms with Crippen molar-refractivity contribution >= 4 is 19.0 Å². The molecular weight excluding hydrogens is 319 g/mol. The second-order valence-corrected chi connectivity index (χ2v) is 6.35. The van der Waals surface area contributed by atoms with E-state index >= 15 is 0 Å². The highest BCUT2D eigenvalue weighted by Crippen LogP contribution is 2.52. The highest BCUT2D eigenvalue weighted by atomic mass is 31.2. The number of aromatic nitrogens is 4. The zero-order valence-corrected chi connectivity index (χ0v) is 11.8. The average Bonchev–Trinajstić information content (AvgIpc) is 3.01. The summed E-state index contributed by atoms with van der Waals surface area (Å²) in [6.45, 7) is -0.188. The standard InChI is InChI=1S/C10H11N4O7P/c15-6-7-4(1-19-22(17,18)21-7)20-10(6)14-3-13-5-8(14)11-2-12-9(5)16/h2-4,6-7,10,15H,1H2,(H,17,18)(H,11,12,16)/t4-,6+,7+,10-/m0/s1. The van der Waals surface area contributed by atoms with Gasteiger partial charge >= 0.3 is 7.82 Å². The summed E-state index contributed by atoms with van der Waals surface area (Å²) in [5.41, 5.74) is -0.106. The van der Waals surface area contributed by atoms with Crippen molar-refractivity contribution in [2.75, 3.05) is 6.61 Å². The van der Waals surface area contributed by atoms with Crippen LogP contribution < -0.4 is 5.56 Å². The van der Waals surface area contributed by atoms with Gasteiger partial charge in [0.25, 0.3) is 5.56 Å². The first-order chi connectivity index (χ1) is 10.5. The number of imidazole rings is 1. The van der Waals surface area contributed by atoms with Crippen LogP contribution in [0.2, 0.25) is 0 Å². The molecule has 3 N–H and O–H groups in total. The minimum absolute atomic E-state index is 0.0955. The minimum atomic E-state index is -4.19. The first-order valence-electron chi connectivity index (χ1n) is 6.36. The van der Waals surface area contributed by atoms with Gasteiger partial charge in [0.2, 0.25) is 0 Å². The summed E-state index contributed by atoms with van der Waals surface area (Å²) in [7, 11) is -4.19. The SMILES string of the molecule is O=c1[nH]cnc2c1ncn2[C@H]1O[C@H]2COP(=O)(O)O[C@H]2[C@H]1O. The lowest BCUT2D eigenvalue weighted by Gasteiger charge is -2.27. The number of aliphatic hydroxyl groups is 1. The van der Waals surface area contributed by atoms with Crippen LogP contribution in [0.3, 0.4) is 0 Å². The number of aromatic amines is 1. The van der Waals surface area contributed by atoms with Gasteiger partial charge in [-0.3, -0.25) is 18.4 Å². The Balaban J connectivity index is 1.73. The van der Waals surface area contributed by atoms with E-state index in [2.05, 4.69) is 19.5 Å².